The Balaban J connectivity index is 1.93. The molecule has 3 rings (SSSR count). The van der Waals surface area contributed by atoms with E-state index >= 15 is 0 Å². The van der Waals surface area contributed by atoms with E-state index in [4.69, 9.17) is 18.9 Å². The van der Waals surface area contributed by atoms with E-state index in [0.29, 0.717) is 17.1 Å². The van der Waals surface area contributed by atoms with Gasteiger partial charge in [-0.15, -0.1) is 0 Å². The number of aliphatic imine (C=N–C) groups is 1. The van der Waals surface area contributed by atoms with Crippen molar-refractivity contribution in [2.24, 2.45) is 4.99 Å². The highest BCUT2D eigenvalue weighted by Crippen LogP contribution is 2.26. The van der Waals surface area contributed by atoms with Crippen molar-refractivity contribution >= 4 is 17.9 Å². The summed E-state index contributed by atoms with van der Waals surface area (Å²) in [5.41, 5.74) is 1.64. The van der Waals surface area contributed by atoms with Crippen molar-refractivity contribution < 1.29 is 23.7 Å². The Labute approximate surface area is 145 Å². The second kappa shape index (κ2) is 7.09. The van der Waals surface area contributed by atoms with Crippen molar-refractivity contribution in [2.75, 3.05) is 21.3 Å². The Bertz CT molecular complexity index is 830. The van der Waals surface area contributed by atoms with Crippen molar-refractivity contribution in [1.82, 2.24) is 0 Å². The summed E-state index contributed by atoms with van der Waals surface area (Å²) in [6.07, 6.45) is 1.66. The molecule has 2 aromatic carbocycles. The molecule has 0 amide bonds. The summed E-state index contributed by atoms with van der Waals surface area (Å²) in [6, 6.07) is 12.5. The van der Waals surface area contributed by atoms with Crippen LogP contribution in [0.2, 0.25) is 0 Å². The number of carbonyl (C=O) groups is 1. The van der Waals surface area contributed by atoms with E-state index in [2.05, 4.69) is 4.99 Å². The molecule has 1 aliphatic rings. The van der Waals surface area contributed by atoms with Gasteiger partial charge in [0.15, 0.2) is 5.70 Å². The molecule has 0 atom stereocenters. The number of carbonyl (C=O) groups excluding carboxylic acids is 1. The van der Waals surface area contributed by atoms with Gasteiger partial charge in [-0.3, -0.25) is 0 Å². The van der Waals surface area contributed by atoms with Crippen LogP contribution in [0.3, 0.4) is 0 Å². The first kappa shape index (κ1) is 16.6. The standard InChI is InChI=1S/C19H17NO5/c1-22-14-6-4-12(5-7-14)8-17-19(21)25-18(20-17)13-9-15(23-2)11-16(10-13)24-3/h4-11H,1-3H3/b17-8-. The van der Waals surface area contributed by atoms with Gasteiger partial charge in [-0.25, -0.2) is 9.79 Å². The van der Waals surface area contributed by atoms with E-state index in [0.717, 1.165) is 11.3 Å². The van der Waals surface area contributed by atoms with Gasteiger partial charge >= 0.3 is 5.97 Å². The Hall–Kier alpha value is -3.28. The predicted molar refractivity (Wildman–Crippen MR) is 93.1 cm³/mol. The van der Waals surface area contributed by atoms with Crippen molar-refractivity contribution in [1.29, 1.82) is 0 Å². The maximum absolute atomic E-state index is 12.1. The molecule has 1 aliphatic heterocycles. The van der Waals surface area contributed by atoms with Crippen LogP contribution in [0.5, 0.6) is 17.2 Å². The third-order valence-corrected chi connectivity index (χ3v) is 3.64. The van der Waals surface area contributed by atoms with E-state index in [9.17, 15) is 4.79 Å². The van der Waals surface area contributed by atoms with E-state index in [-0.39, 0.29) is 11.6 Å². The van der Waals surface area contributed by atoms with Gasteiger partial charge in [0.25, 0.3) is 0 Å². The zero-order valence-electron chi connectivity index (χ0n) is 14.1. The summed E-state index contributed by atoms with van der Waals surface area (Å²) >= 11 is 0. The first-order valence-corrected chi connectivity index (χ1v) is 7.53. The second-order valence-electron chi connectivity index (χ2n) is 5.21. The number of benzene rings is 2. The number of ether oxygens (including phenoxy) is 4. The van der Waals surface area contributed by atoms with Crippen molar-refractivity contribution in [2.45, 2.75) is 0 Å². The maximum atomic E-state index is 12.1. The molecule has 0 radical (unpaired) electrons. The van der Waals surface area contributed by atoms with Gasteiger partial charge in [0.1, 0.15) is 17.2 Å². The van der Waals surface area contributed by atoms with Gasteiger partial charge in [0, 0.05) is 11.6 Å². The fourth-order valence-electron chi connectivity index (χ4n) is 2.32. The van der Waals surface area contributed by atoms with Crippen molar-refractivity contribution in [3.8, 4) is 17.2 Å². The molecule has 1 heterocycles. The highest BCUT2D eigenvalue weighted by molar-refractivity contribution is 6.13. The largest absolute Gasteiger partial charge is 0.497 e. The van der Waals surface area contributed by atoms with E-state index in [1.807, 2.05) is 24.3 Å². The number of methoxy groups -OCH3 is 3. The highest BCUT2D eigenvalue weighted by Gasteiger charge is 2.25. The number of esters is 1. The lowest BCUT2D eigenvalue weighted by Crippen LogP contribution is -2.06. The molecule has 0 aliphatic carbocycles. The molecule has 128 valence electrons. The van der Waals surface area contributed by atoms with Crippen LogP contribution < -0.4 is 14.2 Å². The number of hydrogen-bond acceptors (Lipinski definition) is 6. The molecule has 0 spiro atoms. The van der Waals surface area contributed by atoms with Gasteiger partial charge < -0.3 is 18.9 Å². The first-order valence-electron chi connectivity index (χ1n) is 7.53. The Morgan fingerprint density at radius 1 is 0.880 bits per heavy atom. The summed E-state index contributed by atoms with van der Waals surface area (Å²) in [7, 11) is 4.70. The minimum Gasteiger partial charge on any atom is -0.497 e. The van der Waals surface area contributed by atoms with Crippen LogP contribution in [0.1, 0.15) is 11.1 Å². The summed E-state index contributed by atoms with van der Waals surface area (Å²) in [6.45, 7) is 0. The number of cyclic esters (lactones) is 1. The topological polar surface area (TPSA) is 66.3 Å². The summed E-state index contributed by atoms with van der Waals surface area (Å²) in [5.74, 6) is 1.61. The van der Waals surface area contributed by atoms with Gasteiger partial charge in [0.2, 0.25) is 5.90 Å². The van der Waals surface area contributed by atoms with Crippen LogP contribution in [0.15, 0.2) is 53.2 Å². The molecule has 0 saturated heterocycles. The van der Waals surface area contributed by atoms with Crippen molar-refractivity contribution in [3.05, 3.63) is 59.3 Å². The Kier molecular flexibility index (Phi) is 4.70. The van der Waals surface area contributed by atoms with Crippen LogP contribution >= 0.6 is 0 Å². The number of nitrogens with zero attached hydrogens (tertiary/aromatic N) is 1. The van der Waals surface area contributed by atoms with Crippen LogP contribution in [0.25, 0.3) is 6.08 Å². The van der Waals surface area contributed by atoms with E-state index < -0.39 is 5.97 Å². The molecule has 0 bridgehead atoms. The zero-order valence-corrected chi connectivity index (χ0v) is 14.1. The Morgan fingerprint density at radius 3 is 2.04 bits per heavy atom. The molecule has 0 saturated carbocycles. The predicted octanol–water partition coefficient (Wildman–Crippen LogP) is 3.06. The van der Waals surface area contributed by atoms with Gasteiger partial charge in [-0.05, 0) is 35.9 Å². The lowest BCUT2D eigenvalue weighted by Gasteiger charge is -2.07. The minimum atomic E-state index is -0.507. The van der Waals surface area contributed by atoms with Crippen LogP contribution in [0.4, 0.5) is 0 Å². The van der Waals surface area contributed by atoms with Gasteiger partial charge in [0.05, 0.1) is 21.3 Å². The molecule has 25 heavy (non-hydrogen) atoms. The molecule has 2 aromatic rings. The molecule has 0 fully saturated rings. The second-order valence-corrected chi connectivity index (χ2v) is 5.21. The Morgan fingerprint density at radius 2 is 1.48 bits per heavy atom. The fraction of sp³-hybridized carbons (Fsp3) is 0.158. The van der Waals surface area contributed by atoms with Gasteiger partial charge in [-0.1, -0.05) is 12.1 Å². The number of hydrogen-bond donors (Lipinski definition) is 0. The summed E-state index contributed by atoms with van der Waals surface area (Å²) in [4.78, 5) is 16.4. The maximum Gasteiger partial charge on any atom is 0.363 e. The average molecular weight is 339 g/mol. The smallest absolute Gasteiger partial charge is 0.363 e. The lowest BCUT2D eigenvalue weighted by atomic mass is 10.2. The SMILES string of the molecule is COc1ccc(/C=C2\N=C(c3cc(OC)cc(OC)c3)OC2=O)cc1. The highest BCUT2D eigenvalue weighted by atomic mass is 16.6. The summed E-state index contributed by atoms with van der Waals surface area (Å²) in [5, 5.41) is 0. The normalized spacial score (nSPS) is 14.9. The first-order chi connectivity index (χ1) is 12.1. The molecule has 6 heteroatoms. The third-order valence-electron chi connectivity index (χ3n) is 3.64. The monoisotopic (exact) mass is 339 g/mol. The lowest BCUT2D eigenvalue weighted by molar-refractivity contribution is -0.129. The van der Waals surface area contributed by atoms with Crippen molar-refractivity contribution in [3.63, 3.8) is 0 Å². The van der Waals surface area contributed by atoms with Crippen LogP contribution in [-0.4, -0.2) is 33.2 Å². The molecule has 0 unspecified atom stereocenters. The summed E-state index contributed by atoms with van der Waals surface area (Å²) < 4.78 is 20.9. The molecule has 0 aromatic heterocycles. The van der Waals surface area contributed by atoms with Crippen LogP contribution in [-0.2, 0) is 9.53 Å². The zero-order chi connectivity index (χ0) is 17.8. The number of rotatable bonds is 5. The van der Waals surface area contributed by atoms with Gasteiger partial charge in [-0.2, -0.15) is 0 Å². The molecular formula is C19H17NO5. The van der Waals surface area contributed by atoms with E-state index in [1.165, 1.54) is 0 Å². The fourth-order valence-corrected chi connectivity index (χ4v) is 2.32. The molecule has 0 N–H and O–H groups in total. The quantitative estimate of drug-likeness (QED) is 0.619. The third kappa shape index (κ3) is 3.63. The molecule has 6 nitrogen and oxygen atoms in total. The minimum absolute atomic E-state index is 0.210. The van der Waals surface area contributed by atoms with E-state index in [1.54, 1.807) is 45.6 Å². The molecular weight excluding hydrogens is 322 g/mol. The average Bonchev–Trinajstić information content (AvgIpc) is 3.02. The van der Waals surface area contributed by atoms with Crippen LogP contribution in [0, 0.1) is 0 Å².